The van der Waals surface area contributed by atoms with Gasteiger partial charge in [-0.3, -0.25) is 9.79 Å². The van der Waals surface area contributed by atoms with Crippen LogP contribution < -0.4 is 11.1 Å². The van der Waals surface area contributed by atoms with Gasteiger partial charge in [-0.05, 0) is 45.2 Å². The Kier molecular flexibility index (Phi) is 5.41. The van der Waals surface area contributed by atoms with Crippen molar-refractivity contribution in [2.45, 2.75) is 33.1 Å². The van der Waals surface area contributed by atoms with E-state index in [0.717, 1.165) is 24.7 Å². The Labute approximate surface area is 132 Å². The summed E-state index contributed by atoms with van der Waals surface area (Å²) < 4.78 is 0. The lowest BCUT2D eigenvalue weighted by Gasteiger charge is -2.31. The summed E-state index contributed by atoms with van der Waals surface area (Å²) in [6.45, 7) is 6.03. The van der Waals surface area contributed by atoms with Crippen molar-refractivity contribution in [1.29, 1.82) is 0 Å². The number of nitrogens with zero attached hydrogens (tertiary/aromatic N) is 2. The van der Waals surface area contributed by atoms with Gasteiger partial charge in [0.1, 0.15) is 0 Å². The Morgan fingerprint density at radius 3 is 2.45 bits per heavy atom. The van der Waals surface area contributed by atoms with Crippen LogP contribution in [-0.4, -0.2) is 36.4 Å². The summed E-state index contributed by atoms with van der Waals surface area (Å²) in [6.07, 6.45) is 3.62. The highest BCUT2D eigenvalue weighted by molar-refractivity contribution is 5.94. The highest BCUT2D eigenvalue weighted by atomic mass is 16.1. The summed E-state index contributed by atoms with van der Waals surface area (Å²) in [5.41, 5.74) is 5.81. The number of guanidine groups is 1. The van der Waals surface area contributed by atoms with E-state index < -0.39 is 5.41 Å². The maximum Gasteiger partial charge on any atom is 0.224 e. The molecule has 1 heterocycles. The minimum atomic E-state index is -0.639. The Bertz CT molecular complexity index is 519. The maximum atomic E-state index is 11.5. The third kappa shape index (κ3) is 4.48. The van der Waals surface area contributed by atoms with E-state index in [1.165, 1.54) is 19.3 Å². The molecule has 1 saturated heterocycles. The molecule has 120 valence electrons. The molecule has 1 aromatic rings. The lowest BCUT2D eigenvalue weighted by molar-refractivity contribution is -0.125. The minimum absolute atomic E-state index is 0.325. The molecule has 1 fully saturated rings. The molecule has 2 rings (SSSR count). The largest absolute Gasteiger partial charge is 0.369 e. The Balaban J connectivity index is 2.15. The van der Waals surface area contributed by atoms with Crippen molar-refractivity contribution in [2.75, 3.05) is 25.0 Å². The van der Waals surface area contributed by atoms with Gasteiger partial charge in [0.15, 0.2) is 5.96 Å². The fourth-order valence-corrected chi connectivity index (χ4v) is 2.33. The molecule has 0 aliphatic carbocycles. The molecule has 0 aromatic heterocycles. The maximum absolute atomic E-state index is 11.5. The lowest BCUT2D eigenvalue weighted by Crippen LogP contribution is -2.41. The van der Waals surface area contributed by atoms with Crippen LogP contribution in [0.25, 0.3) is 0 Å². The highest BCUT2D eigenvalue weighted by Gasteiger charge is 2.25. The summed E-state index contributed by atoms with van der Waals surface area (Å²) in [5.74, 6) is 0.509. The standard InChI is InChI=1S/C17H26N4O/c1-17(2,15(18)22)13-19-16(21-11-7-4-8-12-21)20-14-9-5-3-6-10-14/h3,5-6,9-10H,4,7-8,11-13H2,1-2H3,(H2,18,22)(H,19,20). The van der Waals surface area contributed by atoms with Crippen LogP contribution in [0.15, 0.2) is 35.3 Å². The molecule has 0 unspecified atom stereocenters. The molecule has 0 spiro atoms. The fraction of sp³-hybridized carbons (Fsp3) is 0.529. The third-order valence-electron chi connectivity index (χ3n) is 3.98. The monoisotopic (exact) mass is 302 g/mol. The van der Waals surface area contributed by atoms with Crippen LogP contribution in [0.4, 0.5) is 5.69 Å². The van der Waals surface area contributed by atoms with Crippen LogP contribution in [0.1, 0.15) is 33.1 Å². The van der Waals surface area contributed by atoms with Crippen molar-refractivity contribution in [2.24, 2.45) is 16.1 Å². The topological polar surface area (TPSA) is 70.7 Å². The molecular weight excluding hydrogens is 276 g/mol. The van der Waals surface area contributed by atoms with E-state index in [2.05, 4.69) is 15.2 Å². The molecule has 1 aromatic carbocycles. The number of aliphatic imine (C=N–C) groups is 1. The van der Waals surface area contributed by atoms with Crippen LogP contribution in [-0.2, 0) is 4.79 Å². The second-order valence-corrected chi connectivity index (χ2v) is 6.43. The van der Waals surface area contributed by atoms with E-state index in [4.69, 9.17) is 5.73 Å². The summed E-state index contributed by atoms with van der Waals surface area (Å²) in [7, 11) is 0. The van der Waals surface area contributed by atoms with Gasteiger partial charge in [0.05, 0.1) is 12.0 Å². The number of hydrogen-bond donors (Lipinski definition) is 2. The SMILES string of the molecule is CC(C)(CN=C(Nc1ccccc1)N1CCCCC1)C(N)=O. The zero-order valence-corrected chi connectivity index (χ0v) is 13.5. The number of benzene rings is 1. The quantitative estimate of drug-likeness (QED) is 0.663. The van der Waals surface area contributed by atoms with Crippen molar-refractivity contribution in [1.82, 2.24) is 4.90 Å². The summed E-state index contributed by atoms with van der Waals surface area (Å²) in [5, 5.41) is 3.38. The second kappa shape index (κ2) is 7.29. The molecule has 22 heavy (non-hydrogen) atoms. The number of carbonyl (C=O) groups excluding carboxylic acids is 1. The summed E-state index contributed by atoms with van der Waals surface area (Å²) >= 11 is 0. The number of hydrogen-bond acceptors (Lipinski definition) is 2. The number of nitrogens with one attached hydrogen (secondary N) is 1. The Morgan fingerprint density at radius 2 is 1.86 bits per heavy atom. The van der Waals surface area contributed by atoms with Crippen molar-refractivity contribution >= 4 is 17.6 Å². The average molecular weight is 302 g/mol. The number of piperidine rings is 1. The molecule has 1 amide bonds. The van der Waals surface area contributed by atoms with Gasteiger partial charge in [-0.2, -0.15) is 0 Å². The van der Waals surface area contributed by atoms with Crippen LogP contribution in [0.2, 0.25) is 0 Å². The van der Waals surface area contributed by atoms with E-state index in [1.54, 1.807) is 0 Å². The van der Waals surface area contributed by atoms with Crippen molar-refractivity contribution in [3.05, 3.63) is 30.3 Å². The van der Waals surface area contributed by atoms with E-state index in [0.29, 0.717) is 6.54 Å². The predicted octanol–water partition coefficient (Wildman–Crippen LogP) is 2.45. The van der Waals surface area contributed by atoms with Gasteiger partial charge in [0.2, 0.25) is 5.91 Å². The van der Waals surface area contributed by atoms with Gasteiger partial charge in [-0.15, -0.1) is 0 Å². The minimum Gasteiger partial charge on any atom is -0.369 e. The zero-order valence-electron chi connectivity index (χ0n) is 13.5. The number of anilines is 1. The van der Waals surface area contributed by atoms with E-state index in [1.807, 2.05) is 44.2 Å². The molecule has 3 N–H and O–H groups in total. The first-order valence-electron chi connectivity index (χ1n) is 7.90. The van der Waals surface area contributed by atoms with E-state index in [-0.39, 0.29) is 5.91 Å². The van der Waals surface area contributed by atoms with Gasteiger partial charge < -0.3 is 16.0 Å². The number of primary amides is 1. The zero-order chi connectivity index (χ0) is 16.0. The van der Waals surface area contributed by atoms with Crippen molar-refractivity contribution < 1.29 is 4.79 Å². The smallest absolute Gasteiger partial charge is 0.224 e. The number of para-hydroxylation sites is 1. The van der Waals surface area contributed by atoms with Crippen LogP contribution in [0.3, 0.4) is 0 Å². The number of rotatable bonds is 4. The van der Waals surface area contributed by atoms with Crippen LogP contribution in [0.5, 0.6) is 0 Å². The Hall–Kier alpha value is -2.04. The van der Waals surface area contributed by atoms with Crippen molar-refractivity contribution in [3.8, 4) is 0 Å². The van der Waals surface area contributed by atoms with Crippen LogP contribution >= 0.6 is 0 Å². The number of carbonyl (C=O) groups is 1. The van der Waals surface area contributed by atoms with E-state index in [9.17, 15) is 4.79 Å². The molecule has 5 nitrogen and oxygen atoms in total. The first-order chi connectivity index (χ1) is 10.5. The first kappa shape index (κ1) is 16.3. The van der Waals surface area contributed by atoms with Gasteiger partial charge in [0.25, 0.3) is 0 Å². The van der Waals surface area contributed by atoms with Gasteiger partial charge in [-0.25, -0.2) is 0 Å². The number of nitrogens with two attached hydrogens (primary N) is 1. The highest BCUT2D eigenvalue weighted by Crippen LogP contribution is 2.17. The van der Waals surface area contributed by atoms with Gasteiger partial charge >= 0.3 is 0 Å². The summed E-state index contributed by atoms with van der Waals surface area (Å²) in [6, 6.07) is 9.99. The van der Waals surface area contributed by atoms with Gasteiger partial charge in [-0.1, -0.05) is 18.2 Å². The molecule has 0 atom stereocenters. The number of likely N-dealkylation sites (tertiary alicyclic amines) is 1. The van der Waals surface area contributed by atoms with Crippen molar-refractivity contribution in [3.63, 3.8) is 0 Å². The van der Waals surface area contributed by atoms with Gasteiger partial charge in [0, 0.05) is 18.8 Å². The van der Waals surface area contributed by atoms with Crippen LogP contribution in [0, 0.1) is 5.41 Å². The van der Waals surface area contributed by atoms with E-state index >= 15 is 0 Å². The predicted molar refractivity (Wildman–Crippen MR) is 90.8 cm³/mol. The second-order valence-electron chi connectivity index (χ2n) is 6.43. The molecule has 0 radical (unpaired) electrons. The molecule has 0 saturated carbocycles. The molecule has 5 heteroatoms. The lowest BCUT2D eigenvalue weighted by atomic mass is 9.93. The average Bonchev–Trinajstić information content (AvgIpc) is 2.53. The molecule has 1 aliphatic heterocycles. The fourth-order valence-electron chi connectivity index (χ4n) is 2.33. The Morgan fingerprint density at radius 1 is 1.23 bits per heavy atom. The molecular formula is C17H26N4O. The normalized spacial score (nSPS) is 16.5. The summed E-state index contributed by atoms with van der Waals surface area (Å²) in [4.78, 5) is 18.4. The molecule has 1 aliphatic rings. The number of amides is 1. The first-order valence-corrected chi connectivity index (χ1v) is 7.90. The third-order valence-corrected chi connectivity index (χ3v) is 3.98. The molecule has 0 bridgehead atoms.